The maximum Gasteiger partial charge on any atom is 0.306 e. The Kier molecular flexibility index (Phi) is 44.6. The molecule has 308 valence electrons. The quantitative estimate of drug-likeness (QED) is 0.0385. The van der Waals surface area contributed by atoms with Gasteiger partial charge < -0.3 is 14.6 Å². The Morgan fingerprint density at radius 2 is 0.849 bits per heavy atom. The van der Waals surface area contributed by atoms with E-state index in [1.807, 2.05) is 0 Å². The van der Waals surface area contributed by atoms with Crippen LogP contribution in [0.4, 0.5) is 0 Å². The van der Waals surface area contributed by atoms with Crippen molar-refractivity contribution >= 4 is 5.97 Å². The minimum absolute atomic E-state index is 0.179. The highest BCUT2D eigenvalue weighted by Gasteiger charge is 2.13. The van der Waals surface area contributed by atoms with Crippen LogP contribution >= 0.6 is 0 Å². The summed E-state index contributed by atoms with van der Waals surface area (Å²) in [5, 5.41) is 9.61. The van der Waals surface area contributed by atoms with E-state index >= 15 is 0 Å². The topological polar surface area (TPSA) is 55.8 Å². The lowest BCUT2D eigenvalue weighted by molar-refractivity contribution is -0.154. The lowest BCUT2D eigenvalue weighted by atomic mass is 10.0. The summed E-state index contributed by atoms with van der Waals surface area (Å²) in [5.74, 6) is -0.207. The summed E-state index contributed by atoms with van der Waals surface area (Å²) in [5.41, 5.74) is 0. The summed E-state index contributed by atoms with van der Waals surface area (Å²) in [6.45, 7) is 5.21. The zero-order valence-electron chi connectivity index (χ0n) is 35.3. The second-order valence-electron chi connectivity index (χ2n) is 15.1. The van der Waals surface area contributed by atoms with Gasteiger partial charge in [-0.25, -0.2) is 0 Å². The summed E-state index contributed by atoms with van der Waals surface area (Å²) in [6.07, 6.45) is 61.5. The molecule has 4 heteroatoms. The molecule has 0 saturated heterocycles. The van der Waals surface area contributed by atoms with Crippen molar-refractivity contribution in [2.75, 3.05) is 19.8 Å². The van der Waals surface area contributed by atoms with Crippen LogP contribution < -0.4 is 0 Å². The number of carbonyl (C=O) groups excluding carboxylic acids is 1. The van der Waals surface area contributed by atoms with Crippen LogP contribution in [-0.4, -0.2) is 37.0 Å². The molecule has 4 nitrogen and oxygen atoms in total. The highest BCUT2D eigenvalue weighted by molar-refractivity contribution is 5.69. The van der Waals surface area contributed by atoms with Gasteiger partial charge in [-0.1, -0.05) is 197 Å². The zero-order chi connectivity index (χ0) is 38.4. The Balaban J connectivity index is 3.43. The fourth-order valence-electron chi connectivity index (χ4n) is 6.43. The molecule has 1 N–H and O–H groups in total. The van der Waals surface area contributed by atoms with Crippen LogP contribution in [0.1, 0.15) is 219 Å². The molecular formula is C49H88O4. The molecule has 0 aliphatic rings. The molecule has 0 aromatic carbocycles. The predicted molar refractivity (Wildman–Crippen MR) is 233 cm³/mol. The maximum atomic E-state index is 12.2. The van der Waals surface area contributed by atoms with Gasteiger partial charge in [-0.2, -0.15) is 0 Å². The molecule has 0 aliphatic carbocycles. The van der Waals surface area contributed by atoms with E-state index in [9.17, 15) is 9.90 Å². The first-order chi connectivity index (χ1) is 26.2. The van der Waals surface area contributed by atoms with Gasteiger partial charge in [0.05, 0.1) is 13.2 Å². The maximum absolute atomic E-state index is 12.2. The van der Waals surface area contributed by atoms with Gasteiger partial charge in [-0.3, -0.25) is 4.79 Å². The largest absolute Gasteiger partial charge is 0.457 e. The Morgan fingerprint density at radius 1 is 0.472 bits per heavy atom. The average Bonchev–Trinajstić information content (AvgIpc) is 3.16. The van der Waals surface area contributed by atoms with Crippen molar-refractivity contribution in [1.29, 1.82) is 0 Å². The smallest absolute Gasteiger partial charge is 0.306 e. The molecule has 0 rings (SSSR count). The van der Waals surface area contributed by atoms with Gasteiger partial charge in [0, 0.05) is 13.0 Å². The van der Waals surface area contributed by atoms with E-state index in [1.165, 1.54) is 148 Å². The number of rotatable bonds is 42. The highest BCUT2D eigenvalue weighted by Crippen LogP contribution is 2.14. The lowest BCUT2D eigenvalue weighted by Crippen LogP contribution is -2.27. The van der Waals surface area contributed by atoms with E-state index in [2.05, 4.69) is 74.6 Å². The fourth-order valence-corrected chi connectivity index (χ4v) is 6.43. The molecule has 0 aliphatic heterocycles. The molecular weight excluding hydrogens is 653 g/mol. The highest BCUT2D eigenvalue weighted by atomic mass is 16.6. The SMILES string of the molecule is CC/C=C\C/C=C\C/C=C\CCCCCCCCOCC(CO)OC(=O)CCCCCCCCCCCCCCC/C=C\C/C=C\CCCCCCC. The molecule has 1 atom stereocenters. The van der Waals surface area contributed by atoms with Gasteiger partial charge >= 0.3 is 5.97 Å². The third-order valence-electron chi connectivity index (χ3n) is 9.83. The number of carbonyl (C=O) groups is 1. The standard InChI is InChI=1S/C49H88O4/c1-3-5-7-9-11-13-15-17-19-21-22-23-24-25-26-27-28-29-30-32-34-36-38-40-42-44-49(51)53-48(46-50)47-52-45-43-41-39-37-35-33-31-20-18-16-14-12-10-8-6-4-2/h6,8,12,14-15,17-18,20-22,48,50H,3-5,7,9-11,13,16,19,23-47H2,1-2H3/b8-6-,14-12-,17-15-,20-18-,22-21-. The first-order valence-electron chi connectivity index (χ1n) is 22.9. The summed E-state index contributed by atoms with van der Waals surface area (Å²) in [6, 6.07) is 0. The van der Waals surface area contributed by atoms with Crippen LogP contribution in [0.15, 0.2) is 60.8 Å². The van der Waals surface area contributed by atoms with Crippen molar-refractivity contribution in [2.45, 2.75) is 225 Å². The van der Waals surface area contributed by atoms with Crippen molar-refractivity contribution in [3.05, 3.63) is 60.8 Å². The minimum Gasteiger partial charge on any atom is -0.457 e. The molecule has 0 fully saturated rings. The van der Waals surface area contributed by atoms with Crippen molar-refractivity contribution in [1.82, 2.24) is 0 Å². The van der Waals surface area contributed by atoms with E-state index < -0.39 is 6.10 Å². The van der Waals surface area contributed by atoms with Gasteiger partial charge in [-0.15, -0.1) is 0 Å². The van der Waals surface area contributed by atoms with Crippen molar-refractivity contribution < 1.29 is 19.4 Å². The molecule has 0 amide bonds. The van der Waals surface area contributed by atoms with Gasteiger partial charge in [0.2, 0.25) is 0 Å². The minimum atomic E-state index is -0.543. The van der Waals surface area contributed by atoms with Crippen LogP contribution in [0.25, 0.3) is 0 Å². The number of hydrogen-bond acceptors (Lipinski definition) is 4. The Labute approximate surface area is 330 Å². The first-order valence-corrected chi connectivity index (χ1v) is 22.9. The van der Waals surface area contributed by atoms with E-state index in [0.29, 0.717) is 13.0 Å². The third kappa shape index (κ3) is 44.4. The number of hydrogen-bond donors (Lipinski definition) is 1. The number of aliphatic hydroxyl groups excluding tert-OH is 1. The molecule has 53 heavy (non-hydrogen) atoms. The predicted octanol–water partition coefficient (Wildman–Crippen LogP) is 15.2. The van der Waals surface area contributed by atoms with E-state index in [1.54, 1.807) is 0 Å². The van der Waals surface area contributed by atoms with Crippen molar-refractivity contribution in [3.63, 3.8) is 0 Å². The number of ether oxygens (including phenoxy) is 2. The Bertz CT molecular complexity index is 870. The van der Waals surface area contributed by atoms with E-state index in [4.69, 9.17) is 9.47 Å². The van der Waals surface area contributed by atoms with E-state index in [-0.39, 0.29) is 19.2 Å². The second-order valence-corrected chi connectivity index (χ2v) is 15.1. The van der Waals surface area contributed by atoms with Crippen LogP contribution in [-0.2, 0) is 14.3 Å². The van der Waals surface area contributed by atoms with Gasteiger partial charge in [0.25, 0.3) is 0 Å². The number of aliphatic hydroxyl groups is 1. The first kappa shape index (κ1) is 51.1. The lowest BCUT2D eigenvalue weighted by Gasteiger charge is -2.15. The average molecular weight is 741 g/mol. The van der Waals surface area contributed by atoms with Crippen LogP contribution in [0, 0.1) is 0 Å². The molecule has 0 saturated carbocycles. The molecule has 0 aromatic heterocycles. The number of esters is 1. The third-order valence-corrected chi connectivity index (χ3v) is 9.83. The monoisotopic (exact) mass is 741 g/mol. The van der Waals surface area contributed by atoms with Gasteiger partial charge in [-0.05, 0) is 77.0 Å². The Hall–Kier alpha value is -1.91. The molecule has 1 unspecified atom stereocenters. The fraction of sp³-hybridized carbons (Fsp3) is 0.776. The summed E-state index contributed by atoms with van der Waals surface area (Å²) in [7, 11) is 0. The number of allylic oxidation sites excluding steroid dienone is 10. The van der Waals surface area contributed by atoms with Crippen molar-refractivity contribution in [3.8, 4) is 0 Å². The molecule has 0 heterocycles. The summed E-state index contributed by atoms with van der Waals surface area (Å²) in [4.78, 5) is 12.2. The second kappa shape index (κ2) is 46.2. The number of unbranched alkanes of at least 4 members (excludes halogenated alkanes) is 24. The zero-order valence-corrected chi connectivity index (χ0v) is 35.3. The normalized spacial score (nSPS) is 12.9. The molecule has 0 spiro atoms. The molecule has 0 aromatic rings. The Morgan fingerprint density at radius 3 is 1.28 bits per heavy atom. The van der Waals surface area contributed by atoms with Gasteiger partial charge in [0.15, 0.2) is 0 Å². The summed E-state index contributed by atoms with van der Waals surface area (Å²) < 4.78 is 11.2. The molecule has 0 radical (unpaired) electrons. The van der Waals surface area contributed by atoms with Gasteiger partial charge in [0.1, 0.15) is 6.10 Å². The van der Waals surface area contributed by atoms with Crippen molar-refractivity contribution in [2.24, 2.45) is 0 Å². The van der Waals surface area contributed by atoms with Crippen LogP contribution in [0.2, 0.25) is 0 Å². The molecule has 0 bridgehead atoms. The summed E-state index contributed by atoms with van der Waals surface area (Å²) >= 11 is 0. The van der Waals surface area contributed by atoms with E-state index in [0.717, 1.165) is 51.4 Å². The van der Waals surface area contributed by atoms with Crippen LogP contribution in [0.3, 0.4) is 0 Å². The van der Waals surface area contributed by atoms with Crippen LogP contribution in [0.5, 0.6) is 0 Å².